The molecule has 53 heavy (non-hydrogen) atoms. The van der Waals surface area contributed by atoms with Crippen LogP contribution in [0.3, 0.4) is 0 Å². The molecule has 0 radical (unpaired) electrons. The third kappa shape index (κ3) is 7.35. The van der Waals surface area contributed by atoms with E-state index in [4.69, 9.17) is 4.74 Å². The summed E-state index contributed by atoms with van der Waals surface area (Å²) >= 11 is 0. The molecule has 0 aromatic rings. The number of nitrogens with one attached hydrogen (secondary N) is 2. The molecule has 0 aromatic heterocycles. The van der Waals surface area contributed by atoms with Crippen molar-refractivity contribution < 1.29 is 33.8 Å². The summed E-state index contributed by atoms with van der Waals surface area (Å²) in [6, 6.07) is -1.02. The zero-order valence-corrected chi connectivity index (χ0v) is 34.4. The normalized spacial score (nSPS) is 38.9. The summed E-state index contributed by atoms with van der Waals surface area (Å²) in [5, 5.41) is 15.3. The van der Waals surface area contributed by atoms with Gasteiger partial charge in [-0.2, -0.15) is 0 Å². The first kappa shape index (κ1) is 41.7. The second kappa shape index (κ2) is 16.0. The fourth-order valence-electron chi connectivity index (χ4n) is 13.8. The van der Waals surface area contributed by atoms with Crippen LogP contribution in [-0.4, -0.2) is 61.3 Å². The highest BCUT2D eigenvalue weighted by atomic mass is 16.5. The van der Waals surface area contributed by atoms with Crippen LogP contribution in [0.15, 0.2) is 12.2 Å². The number of carbonyl (C=O) groups is 4. The van der Waals surface area contributed by atoms with E-state index in [1.165, 1.54) is 38.4 Å². The van der Waals surface area contributed by atoms with Crippen molar-refractivity contribution in [1.82, 2.24) is 10.6 Å². The third-order valence-corrected chi connectivity index (χ3v) is 16.6. The van der Waals surface area contributed by atoms with Crippen LogP contribution in [0.1, 0.15) is 151 Å². The number of amides is 2. The Hall–Kier alpha value is -2.42. The molecule has 0 bridgehead atoms. The smallest absolute Gasteiger partial charge is 0.330 e. The first-order valence-electron chi connectivity index (χ1n) is 21.0. The Bertz CT molecular complexity index is 1400. The van der Waals surface area contributed by atoms with Crippen LogP contribution in [0.5, 0.6) is 0 Å². The number of hydrogen-bond donors (Lipinski definition) is 3. The molecule has 300 valence electrons. The Kier molecular flexibility index (Phi) is 12.6. The lowest BCUT2D eigenvalue weighted by atomic mass is 9.32. The Labute approximate surface area is 319 Å². The van der Waals surface area contributed by atoms with Crippen LogP contribution < -0.4 is 10.6 Å². The molecule has 0 aromatic carbocycles. The van der Waals surface area contributed by atoms with Crippen LogP contribution in [0.4, 0.5) is 0 Å². The van der Waals surface area contributed by atoms with E-state index < -0.39 is 18.6 Å². The van der Waals surface area contributed by atoms with E-state index in [9.17, 15) is 24.3 Å². The topological polar surface area (TPSA) is 131 Å². The largest absolute Gasteiger partial charge is 0.467 e. The van der Waals surface area contributed by atoms with E-state index in [0.717, 1.165) is 64.2 Å². The molecule has 9 heteroatoms. The molecule has 3 N–H and O–H groups in total. The first-order chi connectivity index (χ1) is 24.9. The van der Waals surface area contributed by atoms with E-state index in [1.807, 2.05) is 0 Å². The Morgan fingerprint density at radius 3 is 2.17 bits per heavy atom. The predicted molar refractivity (Wildman–Crippen MR) is 206 cm³/mol. The molecule has 0 saturated heterocycles. The van der Waals surface area contributed by atoms with Crippen LogP contribution in [0, 0.1) is 56.7 Å². The number of aliphatic hydroxyl groups excluding tert-OH is 1. The van der Waals surface area contributed by atoms with Gasteiger partial charge in [-0.3, -0.25) is 14.4 Å². The molecular weight excluding hydrogens is 668 g/mol. The van der Waals surface area contributed by atoms with Crippen LogP contribution >= 0.6 is 0 Å². The number of methoxy groups -OCH3 is 1. The van der Waals surface area contributed by atoms with Crippen molar-refractivity contribution in [3.63, 3.8) is 0 Å². The second-order valence-electron chi connectivity index (χ2n) is 19.4. The van der Waals surface area contributed by atoms with Crippen molar-refractivity contribution in [1.29, 1.82) is 0 Å². The third-order valence-electron chi connectivity index (χ3n) is 16.6. The highest BCUT2D eigenvalue weighted by Crippen LogP contribution is 2.77. The van der Waals surface area contributed by atoms with Gasteiger partial charge in [0.15, 0.2) is 6.04 Å². The second-order valence-corrected chi connectivity index (χ2v) is 19.4. The number of carbonyl (C=O) groups excluding carboxylic acids is 4. The number of rotatable bonds is 14. The minimum Gasteiger partial charge on any atom is -0.467 e. The number of esters is 2. The fraction of sp³-hybridized carbons (Fsp3) is 0.864. The van der Waals surface area contributed by atoms with E-state index in [0.29, 0.717) is 49.0 Å². The molecule has 5 rings (SSSR count). The van der Waals surface area contributed by atoms with Gasteiger partial charge in [0.2, 0.25) is 11.8 Å². The van der Waals surface area contributed by atoms with Gasteiger partial charge in [-0.25, -0.2) is 4.79 Å². The summed E-state index contributed by atoms with van der Waals surface area (Å²) in [6.45, 7) is 21.0. The lowest BCUT2D eigenvalue weighted by Crippen LogP contribution is -2.67. The summed E-state index contributed by atoms with van der Waals surface area (Å²) in [4.78, 5) is 50.3. The van der Waals surface area contributed by atoms with E-state index >= 15 is 0 Å². The average Bonchev–Trinajstić information content (AvgIpc) is 3.51. The number of unbranched alkanes of at least 4 members (excludes halogenated alkanes) is 4. The maximum Gasteiger partial charge on any atom is 0.330 e. The molecule has 0 unspecified atom stereocenters. The quantitative estimate of drug-likeness (QED) is 0.0946. The predicted octanol–water partition coefficient (Wildman–Crippen LogP) is 7.68. The number of aliphatic hydroxyl groups is 1. The van der Waals surface area contributed by atoms with E-state index in [2.05, 4.69) is 63.5 Å². The van der Waals surface area contributed by atoms with Crippen LogP contribution in [0.2, 0.25) is 0 Å². The van der Waals surface area contributed by atoms with Crippen molar-refractivity contribution in [2.45, 2.75) is 163 Å². The summed E-state index contributed by atoms with van der Waals surface area (Å²) in [5.41, 5.74) is 1.42. The standard InChI is InChI=1S/C44H72N2O7/c1-28(2)30-18-23-44(39(51)45-26-14-12-10-11-13-15-36(49)46-32(27-47)38(50)52-9)25-24-42(7)31(37(30)44)16-17-34-41(6)21-20-35(53-29(3)48)40(4,5)33(41)19-22-43(34,42)8/h30-35,37,47H,1,10-27H2,2-9H3,(H,45,51)(H,46,49)/t30-,31+,32+,33-,34+,35-,37+,41-,42+,43+,44-/m0/s1. The van der Waals surface area contributed by atoms with Crippen LogP contribution in [-0.2, 0) is 28.7 Å². The van der Waals surface area contributed by atoms with Crippen LogP contribution in [0.25, 0.3) is 0 Å². The molecule has 11 atom stereocenters. The number of allylic oxidation sites excluding steroid dienone is 1. The van der Waals surface area contributed by atoms with Gasteiger partial charge >= 0.3 is 11.9 Å². The molecule has 2 amide bonds. The number of hydrogen-bond acceptors (Lipinski definition) is 7. The van der Waals surface area contributed by atoms with Crippen molar-refractivity contribution in [3.05, 3.63) is 12.2 Å². The van der Waals surface area contributed by atoms with Gasteiger partial charge in [0.1, 0.15) is 6.10 Å². The van der Waals surface area contributed by atoms with Gasteiger partial charge < -0.3 is 25.2 Å². The van der Waals surface area contributed by atoms with Gasteiger partial charge in [-0.05, 0) is 130 Å². The van der Waals surface area contributed by atoms with Crippen molar-refractivity contribution in [3.8, 4) is 0 Å². The summed E-state index contributed by atoms with van der Waals surface area (Å²) in [5.74, 6) is 1.53. The Morgan fingerprint density at radius 1 is 0.811 bits per heavy atom. The zero-order chi connectivity index (χ0) is 39.0. The number of ether oxygens (including phenoxy) is 2. The summed E-state index contributed by atoms with van der Waals surface area (Å²) in [7, 11) is 1.23. The molecule has 5 fully saturated rings. The minimum absolute atomic E-state index is 0.0159. The maximum atomic E-state index is 14.4. The first-order valence-corrected chi connectivity index (χ1v) is 21.0. The summed E-state index contributed by atoms with van der Waals surface area (Å²) in [6.07, 6.45) is 15.6. The fourth-order valence-corrected chi connectivity index (χ4v) is 13.8. The molecule has 0 aliphatic heterocycles. The van der Waals surface area contributed by atoms with Gasteiger partial charge in [0.25, 0.3) is 0 Å². The van der Waals surface area contributed by atoms with Gasteiger partial charge in [0, 0.05) is 25.3 Å². The van der Waals surface area contributed by atoms with Crippen molar-refractivity contribution in [2.24, 2.45) is 56.7 Å². The molecule has 0 heterocycles. The number of fused-ring (bicyclic) bond motifs is 7. The monoisotopic (exact) mass is 741 g/mol. The Morgan fingerprint density at radius 2 is 1.51 bits per heavy atom. The molecular formula is C44H72N2O7. The lowest BCUT2D eigenvalue weighted by molar-refractivity contribution is -0.248. The molecule has 0 spiro atoms. The SMILES string of the molecule is C=C(C)[C@@H]1CC[C@]2(C(=O)NCCCCCCCC(=O)N[C@H](CO)C(=O)OC)CC[C@]3(C)[C@H](CC[C@@H]4[C@@]5(C)CC[C@H](OC(C)=O)C(C)(C)[C@@H]5CC[C@]43C)[C@@H]12. The van der Waals surface area contributed by atoms with Gasteiger partial charge in [-0.1, -0.05) is 66.0 Å². The van der Waals surface area contributed by atoms with Gasteiger partial charge in [-0.15, -0.1) is 0 Å². The average molecular weight is 741 g/mol. The van der Waals surface area contributed by atoms with Gasteiger partial charge in [0.05, 0.1) is 19.1 Å². The summed E-state index contributed by atoms with van der Waals surface area (Å²) < 4.78 is 10.6. The zero-order valence-electron chi connectivity index (χ0n) is 34.4. The van der Waals surface area contributed by atoms with Crippen molar-refractivity contribution in [2.75, 3.05) is 20.3 Å². The molecule has 5 aliphatic carbocycles. The molecule has 5 aliphatic rings. The van der Waals surface area contributed by atoms with E-state index in [1.54, 1.807) is 6.92 Å². The molecule has 5 saturated carbocycles. The Balaban J connectivity index is 1.21. The highest BCUT2D eigenvalue weighted by Gasteiger charge is 2.72. The lowest BCUT2D eigenvalue weighted by Gasteiger charge is -2.72. The highest BCUT2D eigenvalue weighted by molar-refractivity contribution is 5.84. The molecule has 9 nitrogen and oxygen atoms in total. The van der Waals surface area contributed by atoms with E-state index in [-0.39, 0.29) is 51.0 Å². The maximum absolute atomic E-state index is 14.4. The minimum atomic E-state index is -1.02. The van der Waals surface area contributed by atoms with Crippen molar-refractivity contribution >= 4 is 23.8 Å².